The van der Waals surface area contributed by atoms with Crippen LogP contribution in [0.3, 0.4) is 0 Å². The third-order valence-corrected chi connectivity index (χ3v) is 4.44. The molecule has 0 radical (unpaired) electrons. The van der Waals surface area contributed by atoms with Crippen molar-refractivity contribution in [1.29, 1.82) is 0 Å². The zero-order valence-corrected chi connectivity index (χ0v) is 13.6. The molecule has 2 aromatic carbocycles. The van der Waals surface area contributed by atoms with Gasteiger partial charge in [0, 0.05) is 20.9 Å². The molecule has 2 aromatic rings. The van der Waals surface area contributed by atoms with E-state index in [0.29, 0.717) is 17.1 Å². The monoisotopic (exact) mass is 404 g/mol. The summed E-state index contributed by atoms with van der Waals surface area (Å²) in [4.78, 5) is -0.0296. The summed E-state index contributed by atoms with van der Waals surface area (Å²) in [5.74, 6) is 0.967. The first-order chi connectivity index (χ1) is 9.27. The Hall–Kier alpha value is -1.32. The zero-order chi connectivity index (χ0) is 14.9. The van der Waals surface area contributed by atoms with E-state index in [4.69, 9.17) is 15.6 Å². The number of hydrogen-bond donors (Lipinski definition) is 2. The van der Waals surface area contributed by atoms with Gasteiger partial charge in [0.05, 0.1) is 4.90 Å². The van der Waals surface area contributed by atoms with Crippen LogP contribution in [0, 0.1) is 10.5 Å². The largest absolute Gasteiger partial charge is 0.457 e. The predicted molar refractivity (Wildman–Crippen MR) is 86.2 cm³/mol. The van der Waals surface area contributed by atoms with Crippen molar-refractivity contribution in [2.75, 3.05) is 5.73 Å². The van der Waals surface area contributed by atoms with Gasteiger partial charge < -0.3 is 10.5 Å². The number of nitrogens with two attached hydrogens (primary N) is 2. The molecule has 0 aromatic heterocycles. The summed E-state index contributed by atoms with van der Waals surface area (Å²) >= 11 is 2.18. The van der Waals surface area contributed by atoms with Crippen molar-refractivity contribution in [2.24, 2.45) is 5.14 Å². The molecule has 0 aliphatic carbocycles. The summed E-state index contributed by atoms with van der Waals surface area (Å²) < 4.78 is 29.8. The Morgan fingerprint density at radius 2 is 1.75 bits per heavy atom. The molecule has 0 atom stereocenters. The number of sulfonamides is 1. The highest BCUT2D eigenvalue weighted by atomic mass is 127. The molecular weight excluding hydrogens is 391 g/mol. The lowest BCUT2D eigenvalue weighted by Gasteiger charge is -2.12. The van der Waals surface area contributed by atoms with Crippen LogP contribution in [0.1, 0.15) is 5.56 Å². The fraction of sp³-hybridized carbons (Fsp3) is 0.0769. The van der Waals surface area contributed by atoms with Gasteiger partial charge >= 0.3 is 0 Å². The van der Waals surface area contributed by atoms with Crippen LogP contribution in [0.15, 0.2) is 41.3 Å². The van der Waals surface area contributed by atoms with Crippen LogP contribution in [-0.2, 0) is 10.0 Å². The Bertz CT molecular complexity index is 743. The van der Waals surface area contributed by atoms with Gasteiger partial charge in [-0.05, 0) is 59.8 Å². The van der Waals surface area contributed by atoms with Gasteiger partial charge in [-0.15, -0.1) is 0 Å². The van der Waals surface area contributed by atoms with Crippen LogP contribution in [-0.4, -0.2) is 8.42 Å². The molecule has 4 N–H and O–H groups in total. The van der Waals surface area contributed by atoms with Crippen molar-refractivity contribution in [3.05, 3.63) is 45.5 Å². The van der Waals surface area contributed by atoms with Crippen LogP contribution >= 0.6 is 22.6 Å². The molecule has 0 saturated heterocycles. The first-order valence-electron chi connectivity index (χ1n) is 5.64. The second kappa shape index (κ2) is 5.58. The molecule has 5 nitrogen and oxygen atoms in total. The van der Waals surface area contributed by atoms with Crippen molar-refractivity contribution in [3.63, 3.8) is 0 Å². The average molecular weight is 404 g/mol. The first kappa shape index (κ1) is 15.1. The lowest BCUT2D eigenvalue weighted by molar-refractivity contribution is 0.476. The SMILES string of the molecule is Cc1c(Oc2ccc(I)cc2)cc(N)cc1S(N)(=O)=O. The number of benzene rings is 2. The Morgan fingerprint density at radius 1 is 1.15 bits per heavy atom. The van der Waals surface area contributed by atoms with E-state index in [1.54, 1.807) is 25.1 Å². The third kappa shape index (κ3) is 3.41. The van der Waals surface area contributed by atoms with Crippen LogP contribution in [0.5, 0.6) is 11.5 Å². The van der Waals surface area contributed by atoms with Gasteiger partial charge in [0.25, 0.3) is 0 Å². The highest BCUT2D eigenvalue weighted by molar-refractivity contribution is 14.1. The summed E-state index contributed by atoms with van der Waals surface area (Å²) in [6.07, 6.45) is 0. The first-order valence-corrected chi connectivity index (χ1v) is 8.26. The Morgan fingerprint density at radius 3 is 2.30 bits per heavy atom. The van der Waals surface area contributed by atoms with E-state index >= 15 is 0 Å². The lowest BCUT2D eigenvalue weighted by atomic mass is 10.2. The smallest absolute Gasteiger partial charge is 0.238 e. The maximum absolute atomic E-state index is 11.5. The van der Waals surface area contributed by atoms with Gasteiger partial charge in [-0.2, -0.15) is 0 Å². The van der Waals surface area contributed by atoms with Gasteiger partial charge in [0.2, 0.25) is 10.0 Å². The Labute approximate surface area is 131 Å². The van der Waals surface area contributed by atoms with E-state index in [0.717, 1.165) is 3.57 Å². The Balaban J connectivity index is 2.47. The molecule has 0 aliphatic heterocycles. The molecule has 20 heavy (non-hydrogen) atoms. The van der Waals surface area contributed by atoms with E-state index in [1.165, 1.54) is 6.07 Å². The number of nitrogen functional groups attached to an aromatic ring is 1. The number of hydrogen-bond acceptors (Lipinski definition) is 4. The average Bonchev–Trinajstić information content (AvgIpc) is 2.35. The molecule has 0 heterocycles. The molecule has 0 bridgehead atoms. The van der Waals surface area contributed by atoms with E-state index in [1.807, 2.05) is 12.1 Å². The molecule has 0 aliphatic rings. The third-order valence-electron chi connectivity index (χ3n) is 2.68. The van der Waals surface area contributed by atoms with Gasteiger partial charge in [-0.25, -0.2) is 13.6 Å². The molecule has 0 saturated carbocycles. The van der Waals surface area contributed by atoms with Crippen molar-refractivity contribution >= 4 is 38.3 Å². The summed E-state index contributed by atoms with van der Waals surface area (Å²) in [6.45, 7) is 1.63. The number of primary sulfonamides is 1. The van der Waals surface area contributed by atoms with Crippen LogP contribution < -0.4 is 15.6 Å². The molecule has 0 spiro atoms. The van der Waals surface area contributed by atoms with E-state index in [-0.39, 0.29) is 10.6 Å². The minimum Gasteiger partial charge on any atom is -0.457 e. The van der Waals surface area contributed by atoms with Crippen molar-refractivity contribution in [1.82, 2.24) is 0 Å². The summed E-state index contributed by atoms with van der Waals surface area (Å²) in [5.41, 5.74) is 6.41. The minimum absolute atomic E-state index is 0.0296. The molecule has 106 valence electrons. The summed E-state index contributed by atoms with van der Waals surface area (Å²) in [7, 11) is -3.84. The lowest BCUT2D eigenvalue weighted by Crippen LogP contribution is -2.14. The van der Waals surface area contributed by atoms with Crippen molar-refractivity contribution < 1.29 is 13.2 Å². The quantitative estimate of drug-likeness (QED) is 0.608. The van der Waals surface area contributed by atoms with Gasteiger partial charge in [0.15, 0.2) is 0 Å². The summed E-state index contributed by atoms with van der Waals surface area (Å²) in [5, 5.41) is 5.17. The molecule has 0 unspecified atom stereocenters. The van der Waals surface area contributed by atoms with Crippen molar-refractivity contribution in [2.45, 2.75) is 11.8 Å². The van der Waals surface area contributed by atoms with Gasteiger partial charge in [-0.3, -0.25) is 0 Å². The number of halogens is 1. The number of anilines is 1. The van der Waals surface area contributed by atoms with Crippen LogP contribution in [0.4, 0.5) is 5.69 Å². The minimum atomic E-state index is -3.84. The fourth-order valence-corrected chi connectivity index (χ4v) is 2.90. The van der Waals surface area contributed by atoms with Crippen LogP contribution in [0.25, 0.3) is 0 Å². The Kier molecular flexibility index (Phi) is 4.21. The zero-order valence-electron chi connectivity index (χ0n) is 10.6. The van der Waals surface area contributed by atoms with E-state index in [2.05, 4.69) is 22.6 Å². The maximum Gasteiger partial charge on any atom is 0.238 e. The fourth-order valence-electron chi connectivity index (χ4n) is 1.71. The topological polar surface area (TPSA) is 95.4 Å². The normalized spacial score (nSPS) is 11.3. The number of ether oxygens (including phenoxy) is 1. The van der Waals surface area contributed by atoms with Crippen molar-refractivity contribution in [3.8, 4) is 11.5 Å². The van der Waals surface area contributed by atoms with E-state index in [9.17, 15) is 8.42 Å². The molecule has 0 amide bonds. The summed E-state index contributed by atoms with van der Waals surface area (Å²) in [6, 6.07) is 10.3. The molecular formula is C13H13IN2O3S. The molecule has 2 rings (SSSR count). The van der Waals surface area contributed by atoms with Crippen LogP contribution in [0.2, 0.25) is 0 Å². The molecule has 0 fully saturated rings. The molecule has 7 heteroatoms. The number of rotatable bonds is 3. The standard InChI is InChI=1S/C13H13IN2O3S/c1-8-12(19-11-4-2-9(14)3-5-11)6-10(15)7-13(8)20(16,17)18/h2-7H,15H2,1H3,(H2,16,17,18). The van der Waals surface area contributed by atoms with Gasteiger partial charge in [-0.1, -0.05) is 0 Å². The van der Waals surface area contributed by atoms with E-state index < -0.39 is 10.0 Å². The highest BCUT2D eigenvalue weighted by Gasteiger charge is 2.16. The highest BCUT2D eigenvalue weighted by Crippen LogP contribution is 2.31. The maximum atomic E-state index is 11.5. The predicted octanol–water partition coefficient (Wildman–Crippen LogP) is 2.62. The second-order valence-corrected chi connectivity index (χ2v) is 7.02. The second-order valence-electron chi connectivity index (χ2n) is 4.24. The van der Waals surface area contributed by atoms with Gasteiger partial charge in [0.1, 0.15) is 11.5 Å².